The summed E-state index contributed by atoms with van der Waals surface area (Å²) in [7, 11) is 1.57. The minimum atomic E-state index is -0.283. The van der Waals surface area contributed by atoms with Crippen LogP contribution in [-0.4, -0.2) is 65.1 Å². The summed E-state index contributed by atoms with van der Waals surface area (Å²) in [6.45, 7) is 2.13. The molecule has 1 saturated heterocycles. The van der Waals surface area contributed by atoms with Gasteiger partial charge in [-0.25, -0.2) is 4.68 Å². The number of halogens is 1. The molecule has 150 valence electrons. The standard InChI is InChI=1S/C19H24ClN5O3/c1-28-10-8-21-19(27)17-13-25(23-22-17)16-3-2-9-24(12-16)18(26)11-14-4-6-15(20)7-5-14/h4-7,13,16H,2-3,8-12H2,1H3,(H,21,27)/t16-/m0/s1. The number of hydrogen-bond acceptors (Lipinski definition) is 5. The number of aromatic nitrogens is 3. The van der Waals surface area contributed by atoms with E-state index in [0.29, 0.717) is 31.1 Å². The van der Waals surface area contributed by atoms with Crippen LogP contribution < -0.4 is 5.32 Å². The highest BCUT2D eigenvalue weighted by atomic mass is 35.5. The summed E-state index contributed by atoms with van der Waals surface area (Å²) in [5.41, 5.74) is 1.20. The molecule has 2 amide bonds. The number of hydrogen-bond donors (Lipinski definition) is 1. The molecule has 0 aliphatic carbocycles. The van der Waals surface area contributed by atoms with Gasteiger partial charge in [0.05, 0.1) is 25.3 Å². The Bertz CT molecular complexity index is 808. The molecular weight excluding hydrogens is 382 g/mol. The van der Waals surface area contributed by atoms with Crippen LogP contribution in [0.5, 0.6) is 0 Å². The first-order valence-electron chi connectivity index (χ1n) is 9.28. The largest absolute Gasteiger partial charge is 0.383 e. The summed E-state index contributed by atoms with van der Waals surface area (Å²) in [6, 6.07) is 7.33. The van der Waals surface area contributed by atoms with E-state index in [-0.39, 0.29) is 23.6 Å². The molecule has 1 aliphatic heterocycles. The molecule has 0 spiro atoms. The first kappa shape index (κ1) is 20.3. The normalized spacial score (nSPS) is 16.8. The molecule has 2 aromatic rings. The van der Waals surface area contributed by atoms with Crippen LogP contribution in [0.25, 0.3) is 0 Å². The van der Waals surface area contributed by atoms with Crippen molar-refractivity contribution in [1.29, 1.82) is 0 Å². The van der Waals surface area contributed by atoms with Gasteiger partial charge in [0.25, 0.3) is 5.91 Å². The average molecular weight is 406 g/mol. The van der Waals surface area contributed by atoms with E-state index in [2.05, 4.69) is 15.6 Å². The van der Waals surface area contributed by atoms with E-state index in [0.717, 1.165) is 24.9 Å². The zero-order chi connectivity index (χ0) is 19.9. The SMILES string of the molecule is COCCNC(=O)c1cn([C@H]2CCCN(C(=O)Cc3ccc(Cl)cc3)C2)nn1. The van der Waals surface area contributed by atoms with E-state index in [1.54, 1.807) is 30.1 Å². The fourth-order valence-corrected chi connectivity index (χ4v) is 3.33. The third-order valence-corrected chi connectivity index (χ3v) is 4.98. The highest BCUT2D eigenvalue weighted by Crippen LogP contribution is 2.22. The van der Waals surface area contributed by atoms with Gasteiger partial charge in [-0.2, -0.15) is 0 Å². The van der Waals surface area contributed by atoms with Gasteiger partial charge in [-0.1, -0.05) is 28.9 Å². The summed E-state index contributed by atoms with van der Waals surface area (Å²) >= 11 is 5.90. The molecule has 0 unspecified atom stereocenters. The molecule has 0 saturated carbocycles. The van der Waals surface area contributed by atoms with Crippen molar-refractivity contribution in [3.63, 3.8) is 0 Å². The number of carbonyl (C=O) groups excluding carboxylic acids is 2. The molecule has 28 heavy (non-hydrogen) atoms. The lowest BCUT2D eigenvalue weighted by Crippen LogP contribution is -2.41. The second kappa shape index (κ2) is 9.66. The minimum Gasteiger partial charge on any atom is -0.383 e. The lowest BCUT2D eigenvalue weighted by Gasteiger charge is -2.32. The van der Waals surface area contributed by atoms with Gasteiger partial charge >= 0.3 is 0 Å². The molecule has 9 heteroatoms. The zero-order valence-electron chi connectivity index (χ0n) is 15.8. The van der Waals surface area contributed by atoms with Gasteiger partial charge in [0.15, 0.2) is 5.69 Å². The van der Waals surface area contributed by atoms with Crippen molar-refractivity contribution in [2.45, 2.75) is 25.3 Å². The van der Waals surface area contributed by atoms with E-state index in [9.17, 15) is 9.59 Å². The van der Waals surface area contributed by atoms with Crippen LogP contribution in [-0.2, 0) is 16.0 Å². The molecule has 1 atom stereocenters. The Kier molecular flexibility index (Phi) is 7.00. The predicted molar refractivity (Wildman–Crippen MR) is 104 cm³/mol. The predicted octanol–water partition coefficient (Wildman–Crippen LogP) is 1.71. The molecule has 0 bridgehead atoms. The maximum absolute atomic E-state index is 12.7. The Morgan fingerprint density at radius 2 is 2.11 bits per heavy atom. The minimum absolute atomic E-state index is 0.0101. The van der Waals surface area contributed by atoms with Crippen LogP contribution in [0.1, 0.15) is 34.9 Å². The Hall–Kier alpha value is -2.45. The molecular formula is C19H24ClN5O3. The molecule has 1 aromatic carbocycles. The molecule has 1 aromatic heterocycles. The maximum Gasteiger partial charge on any atom is 0.273 e. The number of rotatable bonds is 7. The van der Waals surface area contributed by atoms with Crippen LogP contribution in [0, 0.1) is 0 Å². The van der Waals surface area contributed by atoms with E-state index >= 15 is 0 Å². The summed E-state index contributed by atoms with van der Waals surface area (Å²) in [4.78, 5) is 26.6. The molecule has 2 heterocycles. The summed E-state index contributed by atoms with van der Waals surface area (Å²) in [5.74, 6) is -0.209. The van der Waals surface area contributed by atoms with E-state index in [1.165, 1.54) is 0 Å². The monoisotopic (exact) mass is 405 g/mol. The number of carbonyl (C=O) groups is 2. The maximum atomic E-state index is 12.7. The van der Waals surface area contributed by atoms with Crippen LogP contribution in [0.2, 0.25) is 5.02 Å². The number of benzene rings is 1. The van der Waals surface area contributed by atoms with Crippen molar-refractivity contribution in [3.8, 4) is 0 Å². The number of amides is 2. The number of ether oxygens (including phenoxy) is 1. The van der Waals surface area contributed by atoms with Crippen molar-refractivity contribution >= 4 is 23.4 Å². The number of methoxy groups -OCH3 is 1. The van der Waals surface area contributed by atoms with Gasteiger partial charge in [0, 0.05) is 31.8 Å². The second-order valence-electron chi connectivity index (χ2n) is 6.77. The van der Waals surface area contributed by atoms with Crippen molar-refractivity contribution in [1.82, 2.24) is 25.2 Å². The Morgan fingerprint density at radius 3 is 2.86 bits per heavy atom. The molecule has 1 N–H and O–H groups in total. The fraction of sp³-hybridized carbons (Fsp3) is 0.474. The van der Waals surface area contributed by atoms with Gasteiger partial charge in [-0.05, 0) is 30.5 Å². The van der Waals surface area contributed by atoms with Crippen molar-refractivity contribution in [2.75, 3.05) is 33.4 Å². The second-order valence-corrected chi connectivity index (χ2v) is 7.21. The summed E-state index contributed by atoms with van der Waals surface area (Å²) in [6.07, 6.45) is 3.75. The smallest absolute Gasteiger partial charge is 0.273 e. The first-order chi connectivity index (χ1) is 13.6. The number of piperidine rings is 1. The molecule has 1 fully saturated rings. The highest BCUT2D eigenvalue weighted by molar-refractivity contribution is 6.30. The lowest BCUT2D eigenvalue weighted by molar-refractivity contribution is -0.132. The third kappa shape index (κ3) is 5.30. The van der Waals surface area contributed by atoms with Gasteiger partial charge in [0.2, 0.25) is 5.91 Å². The van der Waals surface area contributed by atoms with E-state index in [1.807, 2.05) is 17.0 Å². The van der Waals surface area contributed by atoms with Gasteiger partial charge in [-0.3, -0.25) is 9.59 Å². The van der Waals surface area contributed by atoms with Crippen LogP contribution >= 0.6 is 11.6 Å². The first-order valence-corrected chi connectivity index (χ1v) is 9.66. The van der Waals surface area contributed by atoms with Crippen molar-refractivity contribution in [2.24, 2.45) is 0 Å². The quantitative estimate of drug-likeness (QED) is 0.708. The van der Waals surface area contributed by atoms with Crippen LogP contribution in [0.4, 0.5) is 0 Å². The zero-order valence-corrected chi connectivity index (χ0v) is 16.6. The lowest BCUT2D eigenvalue weighted by atomic mass is 10.0. The van der Waals surface area contributed by atoms with Gasteiger partial charge < -0.3 is 15.0 Å². The van der Waals surface area contributed by atoms with Crippen molar-refractivity contribution < 1.29 is 14.3 Å². The third-order valence-electron chi connectivity index (χ3n) is 4.73. The van der Waals surface area contributed by atoms with E-state index < -0.39 is 0 Å². The molecule has 0 radical (unpaired) electrons. The average Bonchev–Trinajstić information content (AvgIpc) is 3.20. The van der Waals surface area contributed by atoms with Crippen LogP contribution in [0.3, 0.4) is 0 Å². The van der Waals surface area contributed by atoms with Crippen LogP contribution in [0.15, 0.2) is 30.5 Å². The summed E-state index contributed by atoms with van der Waals surface area (Å²) < 4.78 is 6.60. The molecule has 8 nitrogen and oxygen atoms in total. The number of nitrogens with one attached hydrogen (secondary N) is 1. The highest BCUT2D eigenvalue weighted by Gasteiger charge is 2.26. The van der Waals surface area contributed by atoms with Gasteiger partial charge in [0.1, 0.15) is 0 Å². The number of nitrogens with zero attached hydrogens (tertiary/aromatic N) is 4. The topological polar surface area (TPSA) is 89.4 Å². The Balaban J connectivity index is 1.58. The Labute approximate surface area is 168 Å². The van der Waals surface area contributed by atoms with Gasteiger partial charge in [-0.15, -0.1) is 5.10 Å². The Morgan fingerprint density at radius 1 is 1.32 bits per heavy atom. The fourth-order valence-electron chi connectivity index (χ4n) is 3.20. The molecule has 3 rings (SSSR count). The molecule has 1 aliphatic rings. The number of likely N-dealkylation sites (tertiary alicyclic amines) is 1. The summed E-state index contributed by atoms with van der Waals surface area (Å²) in [5, 5.41) is 11.4. The van der Waals surface area contributed by atoms with E-state index in [4.69, 9.17) is 16.3 Å². The van der Waals surface area contributed by atoms with Crippen molar-refractivity contribution in [3.05, 3.63) is 46.7 Å².